The van der Waals surface area contributed by atoms with E-state index in [0.29, 0.717) is 5.56 Å². The van der Waals surface area contributed by atoms with E-state index >= 15 is 0 Å². The Hall–Kier alpha value is -4.15. The predicted octanol–water partition coefficient (Wildman–Crippen LogP) is 8.91. The van der Waals surface area contributed by atoms with Crippen LogP contribution in [0.5, 0.6) is 11.5 Å². The Labute approximate surface area is 209 Å². The largest absolute Gasteiger partial charge is 0.573 e. The van der Waals surface area contributed by atoms with Gasteiger partial charge in [-0.15, -0.1) is 13.2 Å². The molecular weight excluding hydrogens is 527 g/mol. The van der Waals surface area contributed by atoms with E-state index in [-0.39, 0.29) is 28.8 Å². The van der Waals surface area contributed by atoms with Gasteiger partial charge in [0.25, 0.3) is 0 Å². The number of halogens is 9. The molecule has 0 unspecified atom stereocenters. The SMILES string of the molecule is Cc1ccc(-c2ccc(-c3ccc(C(F)(F)Oc4cc(F)c(OC(F)(F)F)c(F)c4)cc3)c(F)c2F)cc1. The van der Waals surface area contributed by atoms with Crippen molar-refractivity contribution in [2.45, 2.75) is 19.4 Å². The van der Waals surface area contributed by atoms with Gasteiger partial charge in [0.15, 0.2) is 23.3 Å². The summed E-state index contributed by atoms with van der Waals surface area (Å²) in [4.78, 5) is 0. The second kappa shape index (κ2) is 9.96. The van der Waals surface area contributed by atoms with Crippen LogP contribution in [-0.4, -0.2) is 6.36 Å². The molecule has 0 saturated carbocycles. The normalized spacial score (nSPS) is 11.9. The molecular formula is C27H15F9O2. The van der Waals surface area contributed by atoms with Crippen LogP contribution in [0.2, 0.25) is 0 Å². The van der Waals surface area contributed by atoms with Crippen LogP contribution in [-0.2, 0) is 6.11 Å². The zero-order valence-electron chi connectivity index (χ0n) is 19.1. The average Bonchev–Trinajstić information content (AvgIpc) is 2.83. The molecule has 0 aliphatic heterocycles. The third-order valence-electron chi connectivity index (χ3n) is 5.41. The van der Waals surface area contributed by atoms with Gasteiger partial charge < -0.3 is 9.47 Å². The number of aryl methyl sites for hydroxylation is 1. The van der Waals surface area contributed by atoms with E-state index in [1.807, 2.05) is 6.92 Å². The van der Waals surface area contributed by atoms with E-state index in [4.69, 9.17) is 0 Å². The summed E-state index contributed by atoms with van der Waals surface area (Å²) < 4.78 is 131. The quantitative estimate of drug-likeness (QED) is 0.227. The molecule has 0 aliphatic rings. The number of hydrogen-bond donors (Lipinski definition) is 0. The summed E-state index contributed by atoms with van der Waals surface area (Å²) >= 11 is 0. The number of alkyl halides is 5. The Morgan fingerprint density at radius 3 is 1.47 bits per heavy atom. The zero-order valence-corrected chi connectivity index (χ0v) is 19.1. The topological polar surface area (TPSA) is 18.5 Å². The Balaban J connectivity index is 1.57. The molecule has 4 aromatic carbocycles. The van der Waals surface area contributed by atoms with Crippen molar-refractivity contribution in [1.29, 1.82) is 0 Å². The van der Waals surface area contributed by atoms with Crippen LogP contribution in [0.1, 0.15) is 11.1 Å². The van der Waals surface area contributed by atoms with Crippen molar-refractivity contribution >= 4 is 0 Å². The smallest absolute Gasteiger partial charge is 0.429 e. The predicted molar refractivity (Wildman–Crippen MR) is 120 cm³/mol. The summed E-state index contributed by atoms with van der Waals surface area (Å²) in [5.74, 6) is -9.13. The maximum atomic E-state index is 14.8. The number of ether oxygens (including phenoxy) is 2. The first-order valence-corrected chi connectivity index (χ1v) is 10.7. The van der Waals surface area contributed by atoms with E-state index in [2.05, 4.69) is 9.47 Å². The van der Waals surface area contributed by atoms with Crippen LogP contribution < -0.4 is 9.47 Å². The Bertz CT molecular complexity index is 1440. The summed E-state index contributed by atoms with van der Waals surface area (Å²) in [5.41, 5.74) is 0.371. The second-order valence-electron chi connectivity index (χ2n) is 8.11. The van der Waals surface area contributed by atoms with Crippen LogP contribution in [0, 0.1) is 30.2 Å². The lowest BCUT2D eigenvalue weighted by molar-refractivity contribution is -0.276. The van der Waals surface area contributed by atoms with Crippen molar-refractivity contribution < 1.29 is 49.0 Å². The van der Waals surface area contributed by atoms with Gasteiger partial charge in [-0.2, -0.15) is 8.78 Å². The second-order valence-corrected chi connectivity index (χ2v) is 8.11. The summed E-state index contributed by atoms with van der Waals surface area (Å²) in [6, 6.07) is 13.3. The van der Waals surface area contributed by atoms with Gasteiger partial charge in [0.1, 0.15) is 5.75 Å². The van der Waals surface area contributed by atoms with Gasteiger partial charge in [-0.25, -0.2) is 17.6 Å². The highest BCUT2D eigenvalue weighted by Crippen LogP contribution is 2.38. The van der Waals surface area contributed by atoms with Gasteiger partial charge in [-0.3, -0.25) is 0 Å². The molecule has 2 nitrogen and oxygen atoms in total. The van der Waals surface area contributed by atoms with E-state index in [9.17, 15) is 39.5 Å². The Kier molecular flexibility index (Phi) is 7.05. The molecule has 11 heteroatoms. The number of rotatable bonds is 6. The summed E-state index contributed by atoms with van der Waals surface area (Å²) in [5, 5.41) is 0. The van der Waals surface area contributed by atoms with Crippen LogP contribution in [0.3, 0.4) is 0 Å². The molecule has 0 N–H and O–H groups in total. The molecule has 38 heavy (non-hydrogen) atoms. The monoisotopic (exact) mass is 542 g/mol. The maximum absolute atomic E-state index is 14.8. The third kappa shape index (κ3) is 5.71. The van der Waals surface area contributed by atoms with E-state index < -0.39 is 52.8 Å². The van der Waals surface area contributed by atoms with Gasteiger partial charge in [-0.05, 0) is 30.2 Å². The molecule has 198 valence electrons. The summed E-state index contributed by atoms with van der Waals surface area (Å²) in [6.45, 7) is 1.84. The first-order chi connectivity index (χ1) is 17.7. The molecule has 4 rings (SSSR count). The van der Waals surface area contributed by atoms with Crippen molar-refractivity contribution in [3.05, 3.63) is 107 Å². The maximum Gasteiger partial charge on any atom is 0.573 e. The van der Waals surface area contributed by atoms with Crippen molar-refractivity contribution in [3.63, 3.8) is 0 Å². The van der Waals surface area contributed by atoms with Gasteiger partial charge >= 0.3 is 12.5 Å². The van der Waals surface area contributed by atoms with Crippen LogP contribution in [0.4, 0.5) is 39.5 Å². The number of hydrogen-bond acceptors (Lipinski definition) is 2. The fourth-order valence-electron chi connectivity index (χ4n) is 3.59. The Morgan fingerprint density at radius 1 is 0.579 bits per heavy atom. The summed E-state index contributed by atoms with van der Waals surface area (Å²) in [6.07, 6.45) is -9.62. The third-order valence-corrected chi connectivity index (χ3v) is 5.41. The molecule has 0 spiro atoms. The highest BCUT2D eigenvalue weighted by molar-refractivity contribution is 5.72. The van der Waals surface area contributed by atoms with Crippen molar-refractivity contribution in [2.75, 3.05) is 0 Å². The molecule has 0 radical (unpaired) electrons. The number of benzene rings is 4. The lowest BCUT2D eigenvalue weighted by Crippen LogP contribution is -2.22. The average molecular weight is 542 g/mol. The van der Waals surface area contributed by atoms with E-state index in [0.717, 1.165) is 29.8 Å². The van der Waals surface area contributed by atoms with Gasteiger partial charge in [0.05, 0.1) is 5.56 Å². The molecule has 0 heterocycles. The minimum atomic E-state index is -5.42. The zero-order chi connectivity index (χ0) is 27.8. The van der Waals surface area contributed by atoms with Crippen molar-refractivity contribution in [2.24, 2.45) is 0 Å². The fraction of sp³-hybridized carbons (Fsp3) is 0.111. The fourth-order valence-corrected chi connectivity index (χ4v) is 3.59. The molecule has 0 amide bonds. The van der Waals surface area contributed by atoms with Crippen LogP contribution in [0.25, 0.3) is 22.3 Å². The van der Waals surface area contributed by atoms with Crippen LogP contribution >= 0.6 is 0 Å². The highest BCUT2D eigenvalue weighted by Gasteiger charge is 2.37. The minimum absolute atomic E-state index is 0.00826. The first-order valence-electron chi connectivity index (χ1n) is 10.7. The van der Waals surface area contributed by atoms with E-state index in [1.165, 1.54) is 12.1 Å². The van der Waals surface area contributed by atoms with Crippen LogP contribution in [0.15, 0.2) is 72.8 Å². The molecule has 0 aliphatic carbocycles. The lowest BCUT2D eigenvalue weighted by atomic mass is 9.97. The first kappa shape index (κ1) is 26.9. The molecule has 0 atom stereocenters. The van der Waals surface area contributed by atoms with Gasteiger partial charge in [0.2, 0.25) is 5.75 Å². The van der Waals surface area contributed by atoms with Gasteiger partial charge in [-0.1, -0.05) is 54.1 Å². The van der Waals surface area contributed by atoms with Crippen molar-refractivity contribution in [1.82, 2.24) is 0 Å². The minimum Gasteiger partial charge on any atom is -0.429 e. The Morgan fingerprint density at radius 2 is 1.03 bits per heavy atom. The molecule has 0 aromatic heterocycles. The molecule has 4 aromatic rings. The van der Waals surface area contributed by atoms with Crippen molar-refractivity contribution in [3.8, 4) is 33.8 Å². The summed E-state index contributed by atoms with van der Waals surface area (Å²) in [7, 11) is 0. The lowest BCUT2D eigenvalue weighted by Gasteiger charge is -2.19. The molecule has 0 fully saturated rings. The highest BCUT2D eigenvalue weighted by atomic mass is 19.4. The van der Waals surface area contributed by atoms with Gasteiger partial charge in [0, 0.05) is 23.3 Å². The molecule has 0 saturated heterocycles. The molecule has 0 bridgehead atoms. The van der Waals surface area contributed by atoms with E-state index in [1.54, 1.807) is 24.3 Å². The standard InChI is InChI=1S/C27H15F9O2/c1-14-2-4-15(5-3-14)19-10-11-20(24(31)23(19)30)16-6-8-17(9-7-16)26(32,33)37-18-12-21(28)25(22(29)13-18)38-27(34,35)36/h2-13H,1H3.